The van der Waals surface area contributed by atoms with Gasteiger partial charge in [0.2, 0.25) is 5.91 Å². The average molecular weight is 386 g/mol. The van der Waals surface area contributed by atoms with E-state index in [0.29, 0.717) is 22.8 Å². The Balaban J connectivity index is 1.50. The van der Waals surface area contributed by atoms with Gasteiger partial charge in [-0.3, -0.25) is 9.78 Å². The lowest BCUT2D eigenvalue weighted by atomic mass is 10.2. The zero-order chi connectivity index (χ0) is 19.7. The largest absolute Gasteiger partial charge is 0.435 e. The molecule has 1 amide bonds. The van der Waals surface area contributed by atoms with Crippen molar-refractivity contribution >= 4 is 11.6 Å². The molecule has 1 saturated carbocycles. The van der Waals surface area contributed by atoms with Gasteiger partial charge in [0.15, 0.2) is 5.69 Å². The van der Waals surface area contributed by atoms with E-state index in [4.69, 9.17) is 0 Å². The van der Waals surface area contributed by atoms with Crippen molar-refractivity contribution in [3.63, 3.8) is 0 Å². The van der Waals surface area contributed by atoms with E-state index < -0.39 is 11.9 Å². The molecule has 144 valence electrons. The summed E-state index contributed by atoms with van der Waals surface area (Å²) in [6, 6.07) is 13.1. The van der Waals surface area contributed by atoms with Crippen molar-refractivity contribution in [2.45, 2.75) is 31.4 Å². The molecule has 28 heavy (non-hydrogen) atoms. The summed E-state index contributed by atoms with van der Waals surface area (Å²) in [6.45, 7) is 0. The van der Waals surface area contributed by atoms with Gasteiger partial charge in [-0.25, -0.2) is 4.68 Å². The lowest BCUT2D eigenvalue weighted by molar-refractivity contribution is -0.141. The van der Waals surface area contributed by atoms with Crippen molar-refractivity contribution in [2.75, 3.05) is 5.32 Å². The molecule has 1 aliphatic rings. The first-order chi connectivity index (χ1) is 13.4. The topological polar surface area (TPSA) is 59.8 Å². The first-order valence-electron chi connectivity index (χ1n) is 8.87. The number of hydrogen-bond donors (Lipinski definition) is 1. The first kappa shape index (κ1) is 18.2. The van der Waals surface area contributed by atoms with E-state index in [2.05, 4.69) is 15.4 Å². The average Bonchev–Trinajstić information content (AvgIpc) is 3.40. The molecule has 1 aromatic carbocycles. The molecule has 2 heterocycles. The number of nitrogens with zero attached hydrogens (tertiary/aromatic N) is 3. The third-order valence-electron chi connectivity index (χ3n) is 4.49. The highest BCUT2D eigenvalue weighted by molar-refractivity contribution is 5.92. The molecule has 2 aromatic heterocycles. The maximum Gasteiger partial charge on any atom is 0.435 e. The van der Waals surface area contributed by atoms with Gasteiger partial charge in [0.1, 0.15) is 0 Å². The number of halogens is 3. The zero-order valence-electron chi connectivity index (χ0n) is 14.8. The van der Waals surface area contributed by atoms with Crippen LogP contribution in [0.15, 0.2) is 54.7 Å². The van der Waals surface area contributed by atoms with Crippen molar-refractivity contribution in [1.29, 1.82) is 0 Å². The van der Waals surface area contributed by atoms with Crippen LogP contribution in [0.2, 0.25) is 0 Å². The summed E-state index contributed by atoms with van der Waals surface area (Å²) in [7, 11) is 0. The van der Waals surface area contributed by atoms with Crippen molar-refractivity contribution in [1.82, 2.24) is 14.8 Å². The normalized spacial score (nSPS) is 14.1. The van der Waals surface area contributed by atoms with Crippen LogP contribution < -0.4 is 5.32 Å². The molecule has 1 N–H and O–H groups in total. The van der Waals surface area contributed by atoms with Gasteiger partial charge in [-0.1, -0.05) is 6.07 Å². The fourth-order valence-electron chi connectivity index (χ4n) is 2.97. The molecular weight excluding hydrogens is 369 g/mol. The fraction of sp³-hybridized carbons (Fsp3) is 0.250. The smallest absolute Gasteiger partial charge is 0.326 e. The van der Waals surface area contributed by atoms with Crippen LogP contribution in [0.4, 0.5) is 18.9 Å². The SMILES string of the molecule is O=C(Cc1ccccn1)Nc1ccc(-n2nc(C(F)(F)F)cc2C2CC2)cc1. The Hall–Kier alpha value is -3.16. The molecule has 0 bridgehead atoms. The van der Waals surface area contributed by atoms with Crippen molar-refractivity contribution in [3.05, 3.63) is 71.8 Å². The number of pyridine rings is 1. The minimum Gasteiger partial charge on any atom is -0.326 e. The van der Waals surface area contributed by atoms with Crippen molar-refractivity contribution < 1.29 is 18.0 Å². The summed E-state index contributed by atoms with van der Waals surface area (Å²) in [5.74, 6) is -0.107. The number of benzene rings is 1. The minimum absolute atomic E-state index is 0.112. The highest BCUT2D eigenvalue weighted by atomic mass is 19.4. The highest BCUT2D eigenvalue weighted by Crippen LogP contribution is 2.42. The Morgan fingerprint density at radius 1 is 1.14 bits per heavy atom. The number of aromatic nitrogens is 3. The van der Waals surface area contributed by atoms with Crippen molar-refractivity contribution in [3.8, 4) is 5.69 Å². The summed E-state index contributed by atoms with van der Waals surface area (Å²) < 4.78 is 40.5. The van der Waals surface area contributed by atoms with Crippen LogP contribution in [0.25, 0.3) is 5.69 Å². The maximum atomic E-state index is 13.0. The predicted octanol–water partition coefficient (Wildman–Crippen LogP) is 4.34. The Morgan fingerprint density at radius 2 is 1.89 bits per heavy atom. The zero-order valence-corrected chi connectivity index (χ0v) is 14.8. The summed E-state index contributed by atoms with van der Waals surface area (Å²) >= 11 is 0. The molecule has 1 aliphatic carbocycles. The number of alkyl halides is 3. The predicted molar refractivity (Wildman–Crippen MR) is 97.1 cm³/mol. The molecule has 8 heteroatoms. The van der Waals surface area contributed by atoms with E-state index in [9.17, 15) is 18.0 Å². The number of anilines is 1. The van der Waals surface area contributed by atoms with Gasteiger partial charge in [-0.05, 0) is 55.3 Å². The lowest BCUT2D eigenvalue weighted by Crippen LogP contribution is -2.15. The second kappa shape index (κ2) is 7.10. The Morgan fingerprint density at radius 3 is 2.50 bits per heavy atom. The number of amides is 1. The van der Waals surface area contributed by atoms with E-state index in [1.165, 1.54) is 4.68 Å². The molecule has 0 aliphatic heterocycles. The Labute approximate surface area is 159 Å². The van der Waals surface area contributed by atoms with Gasteiger partial charge in [0.25, 0.3) is 0 Å². The van der Waals surface area contributed by atoms with Crippen LogP contribution in [0, 0.1) is 0 Å². The molecule has 3 aromatic rings. The number of rotatable bonds is 5. The van der Waals surface area contributed by atoms with E-state index in [1.54, 1.807) is 48.7 Å². The van der Waals surface area contributed by atoms with Gasteiger partial charge in [-0.2, -0.15) is 18.3 Å². The summed E-state index contributed by atoms with van der Waals surface area (Å²) in [5.41, 5.74) is 1.42. The molecule has 5 nitrogen and oxygen atoms in total. The molecule has 0 spiro atoms. The number of carbonyl (C=O) groups is 1. The Kier molecular flexibility index (Phi) is 4.62. The maximum absolute atomic E-state index is 13.0. The molecule has 0 radical (unpaired) electrons. The van der Waals surface area contributed by atoms with Gasteiger partial charge in [-0.15, -0.1) is 0 Å². The van der Waals surface area contributed by atoms with E-state index in [1.807, 2.05) is 0 Å². The van der Waals surface area contributed by atoms with Gasteiger partial charge in [0, 0.05) is 29.2 Å². The second-order valence-electron chi connectivity index (χ2n) is 6.73. The van der Waals surface area contributed by atoms with E-state index in [-0.39, 0.29) is 18.2 Å². The van der Waals surface area contributed by atoms with Gasteiger partial charge < -0.3 is 5.32 Å². The van der Waals surface area contributed by atoms with Gasteiger partial charge >= 0.3 is 6.18 Å². The monoisotopic (exact) mass is 386 g/mol. The third kappa shape index (κ3) is 4.05. The standard InChI is InChI=1S/C20H17F3N4O/c21-20(22,23)18-12-17(13-4-5-13)27(26-18)16-8-6-14(7-9-16)25-19(28)11-15-3-1-2-10-24-15/h1-3,6-10,12-13H,4-5,11H2,(H,25,28). The minimum atomic E-state index is -4.48. The summed E-state index contributed by atoms with van der Waals surface area (Å²) in [6.07, 6.45) is -0.986. The third-order valence-corrected chi connectivity index (χ3v) is 4.49. The lowest BCUT2D eigenvalue weighted by Gasteiger charge is -2.09. The highest BCUT2D eigenvalue weighted by Gasteiger charge is 2.38. The van der Waals surface area contributed by atoms with Crippen LogP contribution >= 0.6 is 0 Å². The van der Waals surface area contributed by atoms with Crippen LogP contribution in [-0.2, 0) is 17.4 Å². The van der Waals surface area contributed by atoms with Gasteiger partial charge in [0.05, 0.1) is 12.1 Å². The second-order valence-corrected chi connectivity index (χ2v) is 6.73. The van der Waals surface area contributed by atoms with E-state index >= 15 is 0 Å². The molecule has 0 atom stereocenters. The summed E-state index contributed by atoms with van der Waals surface area (Å²) in [4.78, 5) is 16.2. The van der Waals surface area contributed by atoms with Crippen LogP contribution in [0.5, 0.6) is 0 Å². The molecule has 0 unspecified atom stereocenters. The molecule has 1 fully saturated rings. The quantitative estimate of drug-likeness (QED) is 0.709. The molecular formula is C20H17F3N4O. The molecule has 4 rings (SSSR count). The van der Waals surface area contributed by atoms with E-state index in [0.717, 1.165) is 18.9 Å². The van der Waals surface area contributed by atoms with Crippen LogP contribution in [-0.4, -0.2) is 20.7 Å². The number of nitrogens with one attached hydrogen (secondary N) is 1. The van der Waals surface area contributed by atoms with Crippen LogP contribution in [0.1, 0.15) is 35.8 Å². The number of hydrogen-bond acceptors (Lipinski definition) is 3. The van der Waals surface area contributed by atoms with Crippen LogP contribution in [0.3, 0.4) is 0 Å². The Bertz CT molecular complexity index is 977. The van der Waals surface area contributed by atoms with Crippen molar-refractivity contribution in [2.24, 2.45) is 0 Å². The molecule has 0 saturated heterocycles. The fourth-order valence-corrected chi connectivity index (χ4v) is 2.97. The number of carbonyl (C=O) groups excluding carboxylic acids is 1. The summed E-state index contributed by atoms with van der Waals surface area (Å²) in [5, 5.41) is 6.52. The first-order valence-corrected chi connectivity index (χ1v) is 8.87.